The largest absolute Gasteiger partial charge is 0.477 e. The molecule has 1 aromatic carbocycles. The first-order chi connectivity index (χ1) is 10.1. The zero-order valence-electron chi connectivity index (χ0n) is 12.0. The molecule has 2 rings (SSSR count). The van der Waals surface area contributed by atoms with Gasteiger partial charge in [0.2, 0.25) is 0 Å². The van der Waals surface area contributed by atoms with E-state index in [9.17, 15) is 9.90 Å². The number of aryl methyl sites for hydroxylation is 1. The summed E-state index contributed by atoms with van der Waals surface area (Å²) < 4.78 is 4.94. The van der Waals surface area contributed by atoms with Gasteiger partial charge in [0, 0.05) is 25.4 Å². The number of hydrogen-bond donors (Lipinski definition) is 2. The summed E-state index contributed by atoms with van der Waals surface area (Å²) in [5.74, 6) is -0.277. The highest BCUT2D eigenvalue weighted by Gasteiger charge is 2.14. The SMILES string of the molecule is COCCNc1nc(-c2cccc(C)c2)ncc1C(=O)O. The average Bonchev–Trinajstić information content (AvgIpc) is 2.47. The molecule has 2 N–H and O–H groups in total. The van der Waals surface area contributed by atoms with Crippen LogP contribution in [-0.4, -0.2) is 41.3 Å². The van der Waals surface area contributed by atoms with E-state index < -0.39 is 5.97 Å². The molecule has 0 aliphatic carbocycles. The van der Waals surface area contributed by atoms with E-state index in [4.69, 9.17) is 4.74 Å². The topological polar surface area (TPSA) is 84.3 Å². The molecule has 0 aliphatic rings. The molecule has 0 amide bonds. The number of nitrogens with one attached hydrogen (secondary N) is 1. The Kier molecular flexibility index (Phi) is 4.84. The molecule has 0 saturated carbocycles. The summed E-state index contributed by atoms with van der Waals surface area (Å²) in [4.78, 5) is 19.7. The van der Waals surface area contributed by atoms with E-state index in [1.54, 1.807) is 7.11 Å². The van der Waals surface area contributed by atoms with Crippen molar-refractivity contribution in [2.75, 3.05) is 25.6 Å². The minimum Gasteiger partial charge on any atom is -0.477 e. The number of hydrogen-bond acceptors (Lipinski definition) is 5. The zero-order valence-corrected chi connectivity index (χ0v) is 12.0. The van der Waals surface area contributed by atoms with E-state index in [1.807, 2.05) is 31.2 Å². The van der Waals surface area contributed by atoms with Gasteiger partial charge in [-0.15, -0.1) is 0 Å². The number of carboxylic acid groups (broad SMARTS) is 1. The third-order valence-corrected chi connectivity index (χ3v) is 2.89. The van der Waals surface area contributed by atoms with Gasteiger partial charge in [-0.05, 0) is 13.0 Å². The number of aromatic nitrogens is 2. The molecule has 1 aromatic heterocycles. The summed E-state index contributed by atoms with van der Waals surface area (Å²) >= 11 is 0. The van der Waals surface area contributed by atoms with E-state index in [1.165, 1.54) is 6.20 Å². The Morgan fingerprint density at radius 1 is 1.43 bits per heavy atom. The van der Waals surface area contributed by atoms with Gasteiger partial charge in [-0.25, -0.2) is 14.8 Å². The van der Waals surface area contributed by atoms with Crippen LogP contribution in [0.25, 0.3) is 11.4 Å². The maximum Gasteiger partial charge on any atom is 0.341 e. The maximum atomic E-state index is 11.2. The Labute approximate surface area is 122 Å². The van der Waals surface area contributed by atoms with Crippen molar-refractivity contribution in [2.24, 2.45) is 0 Å². The van der Waals surface area contributed by atoms with Crippen LogP contribution in [0.1, 0.15) is 15.9 Å². The third-order valence-electron chi connectivity index (χ3n) is 2.89. The first kappa shape index (κ1) is 14.9. The number of methoxy groups -OCH3 is 1. The Bertz CT molecular complexity index is 644. The van der Waals surface area contributed by atoms with Crippen molar-refractivity contribution in [3.63, 3.8) is 0 Å². The maximum absolute atomic E-state index is 11.2. The third kappa shape index (κ3) is 3.76. The van der Waals surface area contributed by atoms with Crippen LogP contribution in [0.5, 0.6) is 0 Å². The molecule has 2 aromatic rings. The van der Waals surface area contributed by atoms with Crippen molar-refractivity contribution < 1.29 is 14.6 Å². The van der Waals surface area contributed by atoms with Gasteiger partial charge in [-0.2, -0.15) is 0 Å². The smallest absolute Gasteiger partial charge is 0.341 e. The fourth-order valence-corrected chi connectivity index (χ4v) is 1.87. The first-order valence-electron chi connectivity index (χ1n) is 6.52. The van der Waals surface area contributed by atoms with E-state index >= 15 is 0 Å². The van der Waals surface area contributed by atoms with Gasteiger partial charge in [0.25, 0.3) is 0 Å². The molecule has 0 aliphatic heterocycles. The molecule has 21 heavy (non-hydrogen) atoms. The fraction of sp³-hybridized carbons (Fsp3) is 0.267. The Morgan fingerprint density at radius 3 is 2.90 bits per heavy atom. The summed E-state index contributed by atoms with van der Waals surface area (Å²) in [6, 6.07) is 7.74. The van der Waals surface area contributed by atoms with Crippen molar-refractivity contribution >= 4 is 11.8 Å². The highest BCUT2D eigenvalue weighted by molar-refractivity contribution is 5.93. The lowest BCUT2D eigenvalue weighted by Gasteiger charge is -2.10. The predicted molar refractivity (Wildman–Crippen MR) is 79.5 cm³/mol. The Morgan fingerprint density at radius 2 is 2.24 bits per heavy atom. The quantitative estimate of drug-likeness (QED) is 0.792. The van der Waals surface area contributed by atoms with Gasteiger partial charge in [-0.3, -0.25) is 0 Å². The van der Waals surface area contributed by atoms with Crippen LogP contribution >= 0.6 is 0 Å². The second-order valence-corrected chi connectivity index (χ2v) is 4.55. The van der Waals surface area contributed by atoms with Gasteiger partial charge in [0.15, 0.2) is 5.82 Å². The van der Waals surface area contributed by atoms with Crippen molar-refractivity contribution in [1.29, 1.82) is 0 Å². The van der Waals surface area contributed by atoms with Crippen LogP contribution in [-0.2, 0) is 4.74 Å². The van der Waals surface area contributed by atoms with E-state index in [-0.39, 0.29) is 5.56 Å². The summed E-state index contributed by atoms with van der Waals surface area (Å²) in [5, 5.41) is 12.1. The molecule has 0 unspecified atom stereocenters. The number of nitrogens with zero attached hydrogens (tertiary/aromatic N) is 2. The molecule has 0 saturated heterocycles. The summed E-state index contributed by atoms with van der Waals surface area (Å²) in [5.41, 5.74) is 1.98. The normalized spacial score (nSPS) is 10.4. The standard InChI is InChI=1S/C15H17N3O3/c1-10-4-3-5-11(8-10)13-17-9-12(15(19)20)14(18-13)16-6-7-21-2/h3-5,8-9H,6-7H2,1-2H3,(H,19,20)(H,16,17,18). The van der Waals surface area contributed by atoms with E-state index in [0.717, 1.165) is 11.1 Å². The molecule has 1 heterocycles. The lowest BCUT2D eigenvalue weighted by atomic mass is 10.1. The number of carboxylic acids is 1. The molecule has 0 radical (unpaired) electrons. The van der Waals surface area contributed by atoms with Gasteiger partial charge in [0.1, 0.15) is 11.4 Å². The molecule has 6 nitrogen and oxygen atoms in total. The fourth-order valence-electron chi connectivity index (χ4n) is 1.87. The molecule has 6 heteroatoms. The molecular weight excluding hydrogens is 270 g/mol. The lowest BCUT2D eigenvalue weighted by Crippen LogP contribution is -2.14. The Balaban J connectivity index is 2.36. The predicted octanol–water partition coefficient (Wildman–Crippen LogP) is 2.21. The van der Waals surface area contributed by atoms with Gasteiger partial charge >= 0.3 is 5.97 Å². The second-order valence-electron chi connectivity index (χ2n) is 4.55. The zero-order chi connectivity index (χ0) is 15.2. The van der Waals surface area contributed by atoms with Gasteiger partial charge in [-0.1, -0.05) is 23.8 Å². The van der Waals surface area contributed by atoms with Crippen LogP contribution < -0.4 is 5.32 Å². The van der Waals surface area contributed by atoms with Gasteiger partial charge in [0.05, 0.1) is 6.61 Å². The highest BCUT2D eigenvalue weighted by Crippen LogP contribution is 2.20. The van der Waals surface area contributed by atoms with Crippen molar-refractivity contribution in [3.8, 4) is 11.4 Å². The number of aromatic carboxylic acids is 1. The van der Waals surface area contributed by atoms with Crippen LogP contribution in [0.3, 0.4) is 0 Å². The van der Waals surface area contributed by atoms with Crippen molar-refractivity contribution in [1.82, 2.24) is 9.97 Å². The van der Waals surface area contributed by atoms with Crippen LogP contribution in [0.15, 0.2) is 30.5 Å². The average molecular weight is 287 g/mol. The monoisotopic (exact) mass is 287 g/mol. The summed E-state index contributed by atoms with van der Waals surface area (Å²) in [6.45, 7) is 2.91. The first-order valence-corrected chi connectivity index (χ1v) is 6.52. The number of benzene rings is 1. The van der Waals surface area contributed by atoms with E-state index in [0.29, 0.717) is 24.8 Å². The summed E-state index contributed by atoms with van der Waals surface area (Å²) in [7, 11) is 1.58. The van der Waals surface area contributed by atoms with E-state index in [2.05, 4.69) is 15.3 Å². The van der Waals surface area contributed by atoms with Crippen LogP contribution in [0.2, 0.25) is 0 Å². The minimum atomic E-state index is -1.06. The number of anilines is 1. The molecule has 110 valence electrons. The van der Waals surface area contributed by atoms with Crippen molar-refractivity contribution in [2.45, 2.75) is 6.92 Å². The molecular formula is C15H17N3O3. The van der Waals surface area contributed by atoms with Crippen molar-refractivity contribution in [3.05, 3.63) is 41.6 Å². The van der Waals surface area contributed by atoms with Crippen LogP contribution in [0, 0.1) is 6.92 Å². The molecule has 0 spiro atoms. The molecule has 0 bridgehead atoms. The minimum absolute atomic E-state index is 0.0440. The summed E-state index contributed by atoms with van der Waals surface area (Å²) in [6.07, 6.45) is 1.32. The van der Waals surface area contributed by atoms with Crippen LogP contribution in [0.4, 0.5) is 5.82 Å². The highest BCUT2D eigenvalue weighted by atomic mass is 16.5. The second kappa shape index (κ2) is 6.81. The number of rotatable bonds is 6. The number of carbonyl (C=O) groups is 1. The molecule has 0 fully saturated rings. The van der Waals surface area contributed by atoms with Gasteiger partial charge < -0.3 is 15.2 Å². The Hall–Kier alpha value is -2.47. The lowest BCUT2D eigenvalue weighted by molar-refractivity contribution is 0.0697. The molecule has 0 atom stereocenters. The number of ether oxygens (including phenoxy) is 1.